The number of methoxy groups -OCH3 is 1. The van der Waals surface area contributed by atoms with Gasteiger partial charge in [-0.15, -0.1) is 0 Å². The molecule has 1 aromatic heterocycles. The number of ether oxygens (including phenoxy) is 1. The molecule has 1 fully saturated rings. The molecule has 23 heavy (non-hydrogen) atoms. The van der Waals surface area contributed by atoms with E-state index in [-0.39, 0.29) is 24.4 Å². The van der Waals surface area contributed by atoms with Gasteiger partial charge in [-0.1, -0.05) is 12.1 Å². The number of hydrogen-bond acceptors (Lipinski definition) is 3. The zero-order valence-corrected chi connectivity index (χ0v) is 13.1. The molecule has 1 amide bonds. The maximum Gasteiger partial charge on any atom is 0.249 e. The van der Waals surface area contributed by atoms with Crippen molar-refractivity contribution in [1.29, 1.82) is 0 Å². The lowest BCUT2D eigenvalue weighted by Crippen LogP contribution is -2.40. The largest absolute Gasteiger partial charge is 0.375 e. The number of benzene rings is 1. The molecule has 1 saturated heterocycles. The van der Waals surface area contributed by atoms with Gasteiger partial charge in [0.25, 0.3) is 0 Å². The van der Waals surface area contributed by atoms with Crippen LogP contribution in [0.15, 0.2) is 30.5 Å². The van der Waals surface area contributed by atoms with Crippen molar-refractivity contribution >= 4 is 5.91 Å². The first kappa shape index (κ1) is 15.7. The van der Waals surface area contributed by atoms with Crippen LogP contribution in [0.1, 0.15) is 31.1 Å². The second kappa shape index (κ2) is 6.91. The first-order valence-electron chi connectivity index (χ1n) is 7.78. The van der Waals surface area contributed by atoms with E-state index in [0.717, 1.165) is 36.3 Å². The number of carbonyl (C=O) groups excluding carboxylic acids is 1. The second-order valence-electron chi connectivity index (χ2n) is 5.72. The van der Waals surface area contributed by atoms with Crippen molar-refractivity contribution in [2.24, 2.45) is 0 Å². The molecule has 0 bridgehead atoms. The number of aromatic amines is 1. The van der Waals surface area contributed by atoms with Gasteiger partial charge in [-0.3, -0.25) is 4.79 Å². The minimum absolute atomic E-state index is 0.0269. The Morgan fingerprint density at radius 1 is 1.48 bits per heavy atom. The monoisotopic (exact) mass is 317 g/mol. The zero-order valence-electron chi connectivity index (χ0n) is 13.1. The molecule has 3 rings (SSSR count). The molecular formula is C17H20FN3O2. The molecule has 1 unspecified atom stereocenters. The normalized spacial score (nSPS) is 18.2. The lowest BCUT2D eigenvalue weighted by Gasteiger charge is -2.34. The second-order valence-corrected chi connectivity index (χ2v) is 5.72. The molecule has 1 aliphatic heterocycles. The van der Waals surface area contributed by atoms with Gasteiger partial charge in [0.05, 0.1) is 17.9 Å². The van der Waals surface area contributed by atoms with Crippen LogP contribution in [0.4, 0.5) is 4.39 Å². The summed E-state index contributed by atoms with van der Waals surface area (Å²) in [6.07, 6.45) is 4.60. The number of carbonyl (C=O) groups is 1. The van der Waals surface area contributed by atoms with Gasteiger partial charge >= 0.3 is 0 Å². The predicted octanol–water partition coefficient (Wildman–Crippen LogP) is 2.92. The van der Waals surface area contributed by atoms with Crippen LogP contribution in [-0.4, -0.2) is 41.0 Å². The summed E-state index contributed by atoms with van der Waals surface area (Å²) in [5.74, 6) is 0.433. The Kier molecular flexibility index (Phi) is 4.71. The van der Waals surface area contributed by atoms with Crippen LogP contribution in [0.3, 0.4) is 0 Å². The molecule has 5 nitrogen and oxygen atoms in total. The number of piperidine rings is 1. The number of halogens is 1. The van der Waals surface area contributed by atoms with Crippen molar-refractivity contribution in [1.82, 2.24) is 14.9 Å². The average molecular weight is 317 g/mol. The molecule has 122 valence electrons. The molecule has 0 spiro atoms. The van der Waals surface area contributed by atoms with Gasteiger partial charge in [0.1, 0.15) is 18.2 Å². The standard InChI is InChI=1S/C17H20FN3O2/c1-23-11-16(22)21-8-3-2-7-15(21)17-19-10-14(20-17)12-5-4-6-13(18)9-12/h4-6,9-10,15H,2-3,7-8,11H2,1H3,(H,19,20). The van der Waals surface area contributed by atoms with Crippen LogP contribution < -0.4 is 0 Å². The van der Waals surface area contributed by atoms with Crippen molar-refractivity contribution in [2.75, 3.05) is 20.3 Å². The van der Waals surface area contributed by atoms with Crippen molar-refractivity contribution < 1.29 is 13.9 Å². The van der Waals surface area contributed by atoms with Crippen LogP contribution in [0.5, 0.6) is 0 Å². The van der Waals surface area contributed by atoms with Gasteiger partial charge in [0.2, 0.25) is 5.91 Å². The number of H-pyrrole nitrogens is 1. The zero-order chi connectivity index (χ0) is 16.2. The van der Waals surface area contributed by atoms with Crippen molar-refractivity contribution in [3.63, 3.8) is 0 Å². The van der Waals surface area contributed by atoms with Crippen LogP contribution >= 0.6 is 0 Å². The summed E-state index contributed by atoms with van der Waals surface area (Å²) in [7, 11) is 1.52. The van der Waals surface area contributed by atoms with Gasteiger partial charge in [-0.05, 0) is 31.4 Å². The SMILES string of the molecule is COCC(=O)N1CCCCC1c1ncc(-c2cccc(F)c2)[nH]1. The van der Waals surface area contributed by atoms with E-state index in [9.17, 15) is 9.18 Å². The lowest BCUT2D eigenvalue weighted by atomic mass is 10.0. The molecule has 2 heterocycles. The molecule has 0 saturated carbocycles. The maximum atomic E-state index is 13.4. The quantitative estimate of drug-likeness (QED) is 0.943. The van der Waals surface area contributed by atoms with Crippen LogP contribution in [0, 0.1) is 5.82 Å². The topological polar surface area (TPSA) is 58.2 Å². The van der Waals surface area contributed by atoms with Gasteiger partial charge in [-0.2, -0.15) is 0 Å². The molecule has 1 aromatic carbocycles. The number of imidazole rings is 1. The van der Waals surface area contributed by atoms with Crippen LogP contribution in [0.25, 0.3) is 11.3 Å². The Morgan fingerprint density at radius 3 is 3.13 bits per heavy atom. The van der Waals surface area contributed by atoms with Gasteiger partial charge in [-0.25, -0.2) is 9.37 Å². The number of nitrogens with one attached hydrogen (secondary N) is 1. The highest BCUT2D eigenvalue weighted by molar-refractivity contribution is 5.78. The molecule has 1 N–H and O–H groups in total. The van der Waals surface area contributed by atoms with E-state index >= 15 is 0 Å². The molecular weight excluding hydrogens is 297 g/mol. The van der Waals surface area contributed by atoms with E-state index in [2.05, 4.69) is 9.97 Å². The Labute approximate surface area is 134 Å². The molecule has 1 aliphatic rings. The minimum atomic E-state index is -0.284. The fourth-order valence-electron chi connectivity index (χ4n) is 3.03. The Bertz CT molecular complexity index is 686. The average Bonchev–Trinajstić information content (AvgIpc) is 3.05. The third kappa shape index (κ3) is 3.42. The van der Waals surface area contributed by atoms with E-state index in [0.29, 0.717) is 6.54 Å². The molecule has 2 aromatic rings. The first-order valence-corrected chi connectivity index (χ1v) is 7.78. The molecule has 1 atom stereocenters. The van der Waals surface area contributed by atoms with Gasteiger partial charge in [0, 0.05) is 19.2 Å². The fraction of sp³-hybridized carbons (Fsp3) is 0.412. The Morgan fingerprint density at radius 2 is 2.35 bits per heavy atom. The number of aromatic nitrogens is 2. The summed E-state index contributed by atoms with van der Waals surface area (Å²) < 4.78 is 18.3. The first-order chi connectivity index (χ1) is 11.2. The number of nitrogens with zero attached hydrogens (tertiary/aromatic N) is 2. The van der Waals surface area contributed by atoms with Gasteiger partial charge in [0.15, 0.2) is 0 Å². The van der Waals surface area contributed by atoms with Crippen molar-refractivity contribution in [2.45, 2.75) is 25.3 Å². The van der Waals surface area contributed by atoms with E-state index in [1.807, 2.05) is 11.0 Å². The molecule has 6 heteroatoms. The van der Waals surface area contributed by atoms with E-state index < -0.39 is 0 Å². The van der Waals surface area contributed by atoms with E-state index in [1.165, 1.54) is 19.2 Å². The summed E-state index contributed by atoms with van der Waals surface area (Å²) in [6.45, 7) is 0.789. The van der Waals surface area contributed by atoms with Crippen molar-refractivity contribution in [3.05, 3.63) is 42.1 Å². The van der Waals surface area contributed by atoms with Crippen LogP contribution in [0.2, 0.25) is 0 Å². The van der Waals surface area contributed by atoms with Crippen molar-refractivity contribution in [3.8, 4) is 11.3 Å². The number of hydrogen-bond donors (Lipinski definition) is 1. The smallest absolute Gasteiger partial charge is 0.249 e. The summed E-state index contributed by atoms with van der Waals surface area (Å²) in [4.78, 5) is 21.7. The molecule has 0 radical (unpaired) electrons. The fourth-order valence-corrected chi connectivity index (χ4v) is 3.03. The Balaban J connectivity index is 1.84. The van der Waals surface area contributed by atoms with E-state index in [1.54, 1.807) is 12.3 Å². The summed E-state index contributed by atoms with van der Waals surface area (Å²) in [5.41, 5.74) is 1.50. The van der Waals surface area contributed by atoms with E-state index in [4.69, 9.17) is 4.74 Å². The minimum Gasteiger partial charge on any atom is -0.375 e. The summed E-state index contributed by atoms with van der Waals surface area (Å²) >= 11 is 0. The lowest BCUT2D eigenvalue weighted by molar-refractivity contribution is -0.139. The highest BCUT2D eigenvalue weighted by Gasteiger charge is 2.29. The number of likely N-dealkylation sites (tertiary alicyclic amines) is 1. The Hall–Kier alpha value is -2.21. The highest BCUT2D eigenvalue weighted by atomic mass is 19.1. The summed E-state index contributed by atoms with van der Waals surface area (Å²) in [5, 5.41) is 0. The predicted molar refractivity (Wildman–Crippen MR) is 84.2 cm³/mol. The molecule has 0 aliphatic carbocycles. The van der Waals surface area contributed by atoms with Gasteiger partial charge < -0.3 is 14.6 Å². The third-order valence-corrected chi connectivity index (χ3v) is 4.14. The maximum absolute atomic E-state index is 13.4. The number of amides is 1. The summed E-state index contributed by atoms with van der Waals surface area (Å²) in [6, 6.07) is 6.29. The van der Waals surface area contributed by atoms with Crippen LogP contribution in [-0.2, 0) is 9.53 Å². The highest BCUT2D eigenvalue weighted by Crippen LogP contribution is 2.30. The number of rotatable bonds is 4. The third-order valence-electron chi connectivity index (χ3n) is 4.14.